The van der Waals surface area contributed by atoms with Gasteiger partial charge in [0.05, 0.1) is 0 Å². The molecule has 0 aliphatic carbocycles. The Balaban J connectivity index is 2.81. The first-order chi connectivity index (χ1) is 8.41. The summed E-state index contributed by atoms with van der Waals surface area (Å²) < 4.78 is 0. The number of rotatable bonds is 1. The van der Waals surface area contributed by atoms with Crippen LogP contribution in [-0.4, -0.2) is 0 Å². The zero-order valence-electron chi connectivity index (χ0n) is 12.3. The molecule has 0 saturated heterocycles. The lowest BCUT2D eigenvalue weighted by Crippen LogP contribution is -1.96. The summed E-state index contributed by atoms with van der Waals surface area (Å²) in [6.07, 6.45) is 0. The molecular formula is C18H22. The molecule has 0 amide bonds. The Morgan fingerprint density at radius 2 is 1.22 bits per heavy atom. The smallest absolute Gasteiger partial charge is 0.0120 e. The molecule has 0 aliphatic heterocycles. The van der Waals surface area contributed by atoms with E-state index in [1.165, 1.54) is 44.5 Å². The summed E-state index contributed by atoms with van der Waals surface area (Å²) in [5.41, 5.74) is 11.1. The van der Waals surface area contributed by atoms with Gasteiger partial charge in [0.2, 0.25) is 0 Å². The molecular weight excluding hydrogens is 216 g/mol. The Labute approximate surface area is 111 Å². The van der Waals surface area contributed by atoms with E-state index in [0.29, 0.717) is 0 Å². The van der Waals surface area contributed by atoms with Gasteiger partial charge in [-0.1, -0.05) is 29.8 Å². The third-order valence-corrected chi connectivity index (χ3v) is 4.03. The van der Waals surface area contributed by atoms with Gasteiger partial charge >= 0.3 is 0 Å². The Kier molecular flexibility index (Phi) is 3.30. The third-order valence-electron chi connectivity index (χ3n) is 4.03. The van der Waals surface area contributed by atoms with E-state index in [1.54, 1.807) is 0 Å². The van der Waals surface area contributed by atoms with Gasteiger partial charge < -0.3 is 0 Å². The SMILES string of the molecule is Cc1cc(C)c(C)c(-c2c(C)ccc(C)c2C)c1. The van der Waals surface area contributed by atoms with Crippen molar-refractivity contribution in [2.45, 2.75) is 41.5 Å². The normalized spacial score (nSPS) is 10.8. The molecule has 0 saturated carbocycles. The van der Waals surface area contributed by atoms with Crippen LogP contribution in [0.5, 0.6) is 0 Å². The predicted octanol–water partition coefficient (Wildman–Crippen LogP) is 5.20. The van der Waals surface area contributed by atoms with Crippen LogP contribution in [0, 0.1) is 41.5 Å². The van der Waals surface area contributed by atoms with Crippen molar-refractivity contribution in [1.29, 1.82) is 0 Å². The van der Waals surface area contributed by atoms with Crippen LogP contribution < -0.4 is 0 Å². The van der Waals surface area contributed by atoms with Crippen LogP contribution in [0.2, 0.25) is 0 Å². The van der Waals surface area contributed by atoms with E-state index in [1.807, 2.05) is 0 Å². The summed E-state index contributed by atoms with van der Waals surface area (Å²) in [6.45, 7) is 13.2. The quantitative estimate of drug-likeness (QED) is 0.640. The van der Waals surface area contributed by atoms with Crippen molar-refractivity contribution in [1.82, 2.24) is 0 Å². The van der Waals surface area contributed by atoms with Crippen molar-refractivity contribution in [3.05, 3.63) is 57.6 Å². The molecule has 0 N–H and O–H groups in total. The standard InChI is InChI=1S/C18H22/c1-11-9-14(4)15(5)17(10-11)18-13(3)8-7-12(2)16(18)6/h7-10H,1-6H3. The fourth-order valence-corrected chi connectivity index (χ4v) is 2.67. The highest BCUT2D eigenvalue weighted by Gasteiger charge is 2.11. The van der Waals surface area contributed by atoms with Gasteiger partial charge in [-0.2, -0.15) is 0 Å². The second-order valence-electron chi connectivity index (χ2n) is 5.45. The highest BCUT2D eigenvalue weighted by molar-refractivity contribution is 5.76. The molecule has 0 aromatic heterocycles. The third kappa shape index (κ3) is 2.08. The highest BCUT2D eigenvalue weighted by atomic mass is 14.2. The Hall–Kier alpha value is -1.56. The van der Waals surface area contributed by atoms with Crippen molar-refractivity contribution in [3.8, 4) is 11.1 Å². The molecule has 0 atom stereocenters. The number of hydrogen-bond acceptors (Lipinski definition) is 0. The summed E-state index contributed by atoms with van der Waals surface area (Å²) >= 11 is 0. The van der Waals surface area contributed by atoms with Gasteiger partial charge in [0.1, 0.15) is 0 Å². The monoisotopic (exact) mass is 238 g/mol. The van der Waals surface area contributed by atoms with Crippen molar-refractivity contribution in [2.75, 3.05) is 0 Å². The Morgan fingerprint density at radius 3 is 1.89 bits per heavy atom. The Morgan fingerprint density at radius 1 is 0.611 bits per heavy atom. The van der Waals surface area contributed by atoms with E-state index in [-0.39, 0.29) is 0 Å². The number of aryl methyl sites for hydroxylation is 4. The van der Waals surface area contributed by atoms with E-state index in [0.717, 1.165) is 0 Å². The first-order valence-electron chi connectivity index (χ1n) is 6.57. The molecule has 2 aromatic carbocycles. The van der Waals surface area contributed by atoms with E-state index in [9.17, 15) is 0 Å². The molecule has 0 bridgehead atoms. The van der Waals surface area contributed by atoms with Gasteiger partial charge in [-0.05, 0) is 80.5 Å². The summed E-state index contributed by atoms with van der Waals surface area (Å²) in [5.74, 6) is 0. The van der Waals surface area contributed by atoms with E-state index < -0.39 is 0 Å². The van der Waals surface area contributed by atoms with Gasteiger partial charge in [-0.3, -0.25) is 0 Å². The van der Waals surface area contributed by atoms with E-state index >= 15 is 0 Å². The van der Waals surface area contributed by atoms with E-state index in [4.69, 9.17) is 0 Å². The molecule has 0 nitrogen and oxygen atoms in total. The molecule has 0 radical (unpaired) electrons. The van der Waals surface area contributed by atoms with Gasteiger partial charge in [0, 0.05) is 0 Å². The Bertz CT molecular complexity index is 604. The minimum absolute atomic E-state index is 1.34. The molecule has 0 aliphatic rings. The minimum Gasteiger partial charge on any atom is -0.0588 e. The maximum Gasteiger partial charge on any atom is -0.0120 e. The molecule has 18 heavy (non-hydrogen) atoms. The molecule has 94 valence electrons. The topological polar surface area (TPSA) is 0 Å². The number of hydrogen-bond donors (Lipinski definition) is 0. The van der Waals surface area contributed by atoms with Crippen molar-refractivity contribution in [2.24, 2.45) is 0 Å². The van der Waals surface area contributed by atoms with Gasteiger partial charge in [-0.15, -0.1) is 0 Å². The molecule has 0 unspecified atom stereocenters. The maximum atomic E-state index is 2.32. The predicted molar refractivity (Wildman–Crippen MR) is 80.3 cm³/mol. The van der Waals surface area contributed by atoms with Gasteiger partial charge in [0.15, 0.2) is 0 Å². The zero-order valence-corrected chi connectivity index (χ0v) is 12.3. The van der Waals surface area contributed by atoms with Crippen LogP contribution in [0.15, 0.2) is 24.3 Å². The van der Waals surface area contributed by atoms with Gasteiger partial charge in [0.25, 0.3) is 0 Å². The van der Waals surface area contributed by atoms with Crippen LogP contribution >= 0.6 is 0 Å². The minimum atomic E-state index is 1.34. The molecule has 2 rings (SSSR count). The second-order valence-corrected chi connectivity index (χ2v) is 5.45. The zero-order chi connectivity index (χ0) is 13.4. The molecule has 0 fully saturated rings. The lowest BCUT2D eigenvalue weighted by Gasteiger charge is -2.17. The number of benzene rings is 2. The van der Waals surface area contributed by atoms with Crippen molar-refractivity contribution >= 4 is 0 Å². The molecule has 0 spiro atoms. The summed E-state index contributed by atoms with van der Waals surface area (Å²) in [4.78, 5) is 0. The average Bonchev–Trinajstić information content (AvgIpc) is 2.30. The van der Waals surface area contributed by atoms with Crippen LogP contribution in [0.25, 0.3) is 11.1 Å². The average molecular weight is 238 g/mol. The molecule has 0 heteroatoms. The maximum absolute atomic E-state index is 2.32. The molecule has 2 aromatic rings. The molecule has 0 heterocycles. The fraction of sp³-hybridized carbons (Fsp3) is 0.333. The fourth-order valence-electron chi connectivity index (χ4n) is 2.67. The highest BCUT2D eigenvalue weighted by Crippen LogP contribution is 2.33. The lowest BCUT2D eigenvalue weighted by atomic mass is 9.88. The van der Waals surface area contributed by atoms with Crippen LogP contribution in [0.3, 0.4) is 0 Å². The second kappa shape index (κ2) is 4.61. The lowest BCUT2D eigenvalue weighted by molar-refractivity contribution is 1.26. The van der Waals surface area contributed by atoms with Crippen LogP contribution in [-0.2, 0) is 0 Å². The largest absolute Gasteiger partial charge is 0.0588 e. The summed E-state index contributed by atoms with van der Waals surface area (Å²) in [5, 5.41) is 0. The van der Waals surface area contributed by atoms with Crippen LogP contribution in [0.4, 0.5) is 0 Å². The van der Waals surface area contributed by atoms with Crippen molar-refractivity contribution < 1.29 is 0 Å². The first-order valence-corrected chi connectivity index (χ1v) is 6.57. The van der Waals surface area contributed by atoms with E-state index in [2.05, 4.69) is 65.8 Å². The van der Waals surface area contributed by atoms with Crippen molar-refractivity contribution in [3.63, 3.8) is 0 Å². The summed E-state index contributed by atoms with van der Waals surface area (Å²) in [7, 11) is 0. The van der Waals surface area contributed by atoms with Gasteiger partial charge in [-0.25, -0.2) is 0 Å². The first kappa shape index (κ1) is 12.9. The van der Waals surface area contributed by atoms with Crippen LogP contribution in [0.1, 0.15) is 33.4 Å². The summed E-state index contributed by atoms with van der Waals surface area (Å²) in [6, 6.07) is 9.03.